The van der Waals surface area contributed by atoms with Gasteiger partial charge in [0, 0.05) is 18.6 Å². The second kappa shape index (κ2) is 6.92. The van der Waals surface area contributed by atoms with Gasteiger partial charge in [0.1, 0.15) is 5.92 Å². The third-order valence-corrected chi connectivity index (χ3v) is 3.47. The molecule has 1 unspecified atom stereocenters. The van der Waals surface area contributed by atoms with Crippen molar-refractivity contribution in [2.45, 2.75) is 12.5 Å². The Hall–Kier alpha value is -2.31. The highest BCUT2D eigenvalue weighted by atomic mass is 35.5. The molecule has 0 fully saturated rings. The Morgan fingerprint density at radius 2 is 1.81 bits per heavy atom. The predicted octanol–water partition coefficient (Wildman–Crippen LogP) is 3.61. The van der Waals surface area contributed by atoms with E-state index in [-0.39, 0.29) is 5.91 Å². The summed E-state index contributed by atoms with van der Waals surface area (Å²) in [6.45, 7) is 0.445. The number of hydrogen-bond donors (Lipinski definition) is 0. The molecule has 3 nitrogen and oxygen atoms in total. The minimum Gasteiger partial charge on any atom is -0.340 e. The molecule has 0 saturated carbocycles. The third kappa shape index (κ3) is 3.84. The first-order chi connectivity index (χ1) is 10.1. The van der Waals surface area contributed by atoms with Crippen molar-refractivity contribution in [1.29, 1.82) is 5.26 Å². The Morgan fingerprint density at radius 1 is 1.19 bits per heavy atom. The van der Waals surface area contributed by atoms with Crippen LogP contribution in [0.5, 0.6) is 0 Å². The highest BCUT2D eigenvalue weighted by Gasteiger charge is 2.23. The lowest BCUT2D eigenvalue weighted by Gasteiger charge is -2.20. The minimum absolute atomic E-state index is 0.210. The van der Waals surface area contributed by atoms with E-state index in [1.165, 1.54) is 0 Å². The third-order valence-electron chi connectivity index (χ3n) is 3.22. The van der Waals surface area contributed by atoms with Crippen LogP contribution >= 0.6 is 11.6 Å². The maximum atomic E-state index is 12.4. The largest absolute Gasteiger partial charge is 0.340 e. The van der Waals surface area contributed by atoms with Gasteiger partial charge in [-0.3, -0.25) is 4.79 Å². The van der Waals surface area contributed by atoms with Crippen molar-refractivity contribution >= 4 is 17.5 Å². The van der Waals surface area contributed by atoms with Gasteiger partial charge in [-0.15, -0.1) is 0 Å². The molecule has 1 atom stereocenters. The molecule has 0 aliphatic rings. The summed E-state index contributed by atoms with van der Waals surface area (Å²) in [6.07, 6.45) is 0. The molecule has 0 aromatic heterocycles. The van der Waals surface area contributed by atoms with Crippen LogP contribution in [0.15, 0.2) is 54.6 Å². The topological polar surface area (TPSA) is 44.1 Å². The van der Waals surface area contributed by atoms with Gasteiger partial charge in [-0.25, -0.2) is 0 Å². The number of rotatable bonds is 4. The van der Waals surface area contributed by atoms with Crippen LogP contribution in [0.2, 0.25) is 5.02 Å². The van der Waals surface area contributed by atoms with E-state index in [0.717, 1.165) is 5.56 Å². The van der Waals surface area contributed by atoms with Crippen molar-refractivity contribution in [1.82, 2.24) is 4.90 Å². The van der Waals surface area contributed by atoms with Crippen LogP contribution in [0.25, 0.3) is 0 Å². The van der Waals surface area contributed by atoms with Gasteiger partial charge in [-0.2, -0.15) is 5.26 Å². The van der Waals surface area contributed by atoms with Gasteiger partial charge >= 0.3 is 0 Å². The molecule has 1 amide bonds. The first-order valence-corrected chi connectivity index (χ1v) is 6.93. The molecular formula is C17H15ClN2O. The van der Waals surface area contributed by atoms with E-state index in [1.807, 2.05) is 30.3 Å². The summed E-state index contributed by atoms with van der Waals surface area (Å²) >= 11 is 5.84. The molecule has 2 aromatic carbocycles. The predicted molar refractivity (Wildman–Crippen MR) is 82.7 cm³/mol. The summed E-state index contributed by atoms with van der Waals surface area (Å²) in [5, 5.41) is 9.95. The van der Waals surface area contributed by atoms with E-state index in [9.17, 15) is 10.1 Å². The molecule has 0 bridgehead atoms. The summed E-state index contributed by atoms with van der Waals surface area (Å²) < 4.78 is 0. The van der Waals surface area contributed by atoms with Gasteiger partial charge in [-0.05, 0) is 23.3 Å². The first-order valence-electron chi connectivity index (χ1n) is 6.56. The van der Waals surface area contributed by atoms with E-state index >= 15 is 0 Å². The van der Waals surface area contributed by atoms with Gasteiger partial charge in [0.25, 0.3) is 0 Å². The molecule has 0 saturated heterocycles. The summed E-state index contributed by atoms with van der Waals surface area (Å²) in [4.78, 5) is 14.0. The van der Waals surface area contributed by atoms with Crippen LogP contribution in [0.4, 0.5) is 0 Å². The number of halogens is 1. The maximum Gasteiger partial charge on any atom is 0.244 e. The molecule has 0 aliphatic carbocycles. The van der Waals surface area contributed by atoms with Crippen LogP contribution < -0.4 is 0 Å². The molecular weight excluding hydrogens is 284 g/mol. The molecule has 21 heavy (non-hydrogen) atoms. The number of amides is 1. The number of carbonyl (C=O) groups excluding carboxylic acids is 1. The second-order valence-electron chi connectivity index (χ2n) is 4.79. The molecule has 2 rings (SSSR count). The molecule has 0 heterocycles. The van der Waals surface area contributed by atoms with Crippen molar-refractivity contribution < 1.29 is 4.79 Å². The fourth-order valence-electron chi connectivity index (χ4n) is 2.08. The Balaban J connectivity index is 2.11. The zero-order chi connectivity index (χ0) is 15.2. The second-order valence-corrected chi connectivity index (χ2v) is 5.23. The lowest BCUT2D eigenvalue weighted by atomic mass is 9.99. The molecule has 4 heteroatoms. The van der Waals surface area contributed by atoms with Crippen molar-refractivity contribution in [3.05, 3.63) is 70.7 Å². The normalized spacial score (nSPS) is 11.5. The SMILES string of the molecule is CN(Cc1ccc(Cl)cc1)C(=O)C(C#N)c1ccccc1. The molecule has 0 aliphatic heterocycles. The average Bonchev–Trinajstić information content (AvgIpc) is 2.51. The fourth-order valence-corrected chi connectivity index (χ4v) is 2.21. The summed E-state index contributed by atoms with van der Waals surface area (Å²) in [6, 6.07) is 18.5. The summed E-state index contributed by atoms with van der Waals surface area (Å²) in [7, 11) is 1.70. The van der Waals surface area contributed by atoms with Gasteiger partial charge < -0.3 is 4.90 Å². The zero-order valence-corrected chi connectivity index (χ0v) is 12.4. The quantitative estimate of drug-likeness (QED) is 0.865. The van der Waals surface area contributed by atoms with E-state index in [0.29, 0.717) is 17.1 Å². The van der Waals surface area contributed by atoms with Crippen molar-refractivity contribution in [2.24, 2.45) is 0 Å². The maximum absolute atomic E-state index is 12.4. The monoisotopic (exact) mass is 298 g/mol. The molecule has 0 spiro atoms. The van der Waals surface area contributed by atoms with Crippen molar-refractivity contribution in [2.75, 3.05) is 7.05 Å². The number of nitrogens with zero attached hydrogens (tertiary/aromatic N) is 2. The highest BCUT2D eigenvalue weighted by molar-refractivity contribution is 6.30. The molecule has 0 radical (unpaired) electrons. The standard InChI is InChI=1S/C17H15ClN2O/c1-20(12-13-7-9-15(18)10-8-13)17(21)16(11-19)14-5-3-2-4-6-14/h2-10,16H,12H2,1H3. The Bertz CT molecular complexity index is 647. The van der Waals surface area contributed by atoms with Crippen LogP contribution in [-0.2, 0) is 11.3 Å². The van der Waals surface area contributed by atoms with Crippen molar-refractivity contribution in [3.63, 3.8) is 0 Å². The average molecular weight is 299 g/mol. The van der Waals surface area contributed by atoms with E-state index in [4.69, 9.17) is 11.6 Å². The van der Waals surface area contributed by atoms with Crippen LogP contribution in [-0.4, -0.2) is 17.9 Å². The highest BCUT2D eigenvalue weighted by Crippen LogP contribution is 2.18. The molecule has 106 valence electrons. The molecule has 0 N–H and O–H groups in total. The van der Waals surface area contributed by atoms with Crippen LogP contribution in [0.3, 0.4) is 0 Å². The van der Waals surface area contributed by atoms with E-state index in [2.05, 4.69) is 6.07 Å². The number of carbonyl (C=O) groups is 1. The lowest BCUT2D eigenvalue weighted by molar-refractivity contribution is -0.130. The van der Waals surface area contributed by atoms with Crippen LogP contribution in [0, 0.1) is 11.3 Å². The van der Waals surface area contributed by atoms with Gasteiger partial charge in [0.2, 0.25) is 5.91 Å². The Morgan fingerprint density at radius 3 is 2.38 bits per heavy atom. The Labute approximate surface area is 129 Å². The fraction of sp³-hybridized carbons (Fsp3) is 0.176. The number of benzene rings is 2. The minimum atomic E-state index is -0.775. The number of hydrogen-bond acceptors (Lipinski definition) is 2. The van der Waals surface area contributed by atoms with Gasteiger partial charge in [0.05, 0.1) is 6.07 Å². The van der Waals surface area contributed by atoms with Gasteiger partial charge in [0.15, 0.2) is 0 Å². The Kier molecular flexibility index (Phi) is 4.97. The number of nitriles is 1. The van der Waals surface area contributed by atoms with Crippen LogP contribution in [0.1, 0.15) is 17.0 Å². The smallest absolute Gasteiger partial charge is 0.244 e. The summed E-state index contributed by atoms with van der Waals surface area (Å²) in [5.74, 6) is -0.984. The summed E-state index contributed by atoms with van der Waals surface area (Å²) in [5.41, 5.74) is 1.69. The van der Waals surface area contributed by atoms with E-state index < -0.39 is 5.92 Å². The van der Waals surface area contributed by atoms with Gasteiger partial charge in [-0.1, -0.05) is 54.1 Å². The number of likely N-dealkylation sites (N-methyl/N-ethyl adjacent to an activating group) is 1. The van der Waals surface area contributed by atoms with Crippen molar-refractivity contribution in [3.8, 4) is 6.07 Å². The van der Waals surface area contributed by atoms with E-state index in [1.54, 1.807) is 36.2 Å². The molecule has 2 aromatic rings. The lowest BCUT2D eigenvalue weighted by Crippen LogP contribution is -2.30. The zero-order valence-electron chi connectivity index (χ0n) is 11.7. The first kappa shape index (κ1) is 15.1.